The number of methoxy groups -OCH3 is 2. The molecule has 0 unspecified atom stereocenters. The number of rotatable bonds is 8. The minimum atomic E-state index is -0.362. The van der Waals surface area contributed by atoms with Crippen LogP contribution in [-0.4, -0.2) is 56.6 Å². The van der Waals surface area contributed by atoms with Gasteiger partial charge < -0.3 is 20.1 Å². The maximum absolute atomic E-state index is 13.9. The Bertz CT molecular complexity index is 896. The first-order valence-corrected chi connectivity index (χ1v) is 10.2. The van der Waals surface area contributed by atoms with Crippen molar-refractivity contribution in [3.63, 3.8) is 0 Å². The van der Waals surface area contributed by atoms with Gasteiger partial charge in [-0.25, -0.2) is 4.39 Å². The van der Waals surface area contributed by atoms with Gasteiger partial charge in [0.25, 0.3) is 5.91 Å². The summed E-state index contributed by atoms with van der Waals surface area (Å²) in [6, 6.07) is 11.8. The molecule has 0 spiro atoms. The molecule has 3 rings (SSSR count). The third-order valence-corrected chi connectivity index (χ3v) is 5.34. The number of piperidine rings is 1. The van der Waals surface area contributed by atoms with Gasteiger partial charge in [0.2, 0.25) is 5.91 Å². The zero-order valence-electron chi connectivity index (χ0n) is 17.8. The van der Waals surface area contributed by atoms with E-state index in [9.17, 15) is 14.0 Å². The van der Waals surface area contributed by atoms with Gasteiger partial charge in [-0.3, -0.25) is 14.5 Å². The SMILES string of the molecule is COc1ccc(C(=O)NCC(=O)NC2CCN(Cc3ccc(OC)c(F)c3)CC2)cc1. The number of hydrogen-bond donors (Lipinski definition) is 2. The Kier molecular flexibility index (Phi) is 7.83. The molecule has 2 N–H and O–H groups in total. The summed E-state index contributed by atoms with van der Waals surface area (Å²) in [5.41, 5.74) is 1.36. The van der Waals surface area contributed by atoms with Crippen LogP contribution in [0.15, 0.2) is 42.5 Å². The first kappa shape index (κ1) is 22.6. The average Bonchev–Trinajstić information content (AvgIpc) is 2.79. The molecule has 1 fully saturated rings. The maximum Gasteiger partial charge on any atom is 0.251 e. The normalized spacial score (nSPS) is 14.7. The summed E-state index contributed by atoms with van der Waals surface area (Å²) in [7, 11) is 3.00. The molecule has 2 aromatic carbocycles. The number of ether oxygens (including phenoxy) is 2. The number of nitrogens with one attached hydrogen (secondary N) is 2. The molecule has 1 saturated heterocycles. The second kappa shape index (κ2) is 10.8. The van der Waals surface area contributed by atoms with Gasteiger partial charge in [-0.2, -0.15) is 0 Å². The topological polar surface area (TPSA) is 79.9 Å². The molecule has 31 heavy (non-hydrogen) atoms. The number of halogens is 1. The van der Waals surface area contributed by atoms with Crippen LogP contribution in [0.5, 0.6) is 11.5 Å². The van der Waals surface area contributed by atoms with Crippen molar-refractivity contribution in [2.45, 2.75) is 25.4 Å². The molecule has 166 valence electrons. The van der Waals surface area contributed by atoms with Crippen LogP contribution in [0.3, 0.4) is 0 Å². The Labute approximate surface area is 181 Å². The van der Waals surface area contributed by atoms with Gasteiger partial charge in [0.15, 0.2) is 11.6 Å². The maximum atomic E-state index is 13.9. The highest BCUT2D eigenvalue weighted by Gasteiger charge is 2.21. The monoisotopic (exact) mass is 429 g/mol. The predicted molar refractivity (Wildman–Crippen MR) is 115 cm³/mol. The lowest BCUT2D eigenvalue weighted by Gasteiger charge is -2.32. The van der Waals surface area contributed by atoms with E-state index in [-0.39, 0.29) is 36.0 Å². The van der Waals surface area contributed by atoms with Crippen molar-refractivity contribution in [3.05, 3.63) is 59.4 Å². The standard InChI is InChI=1S/C23H28FN3O4/c1-30-19-6-4-17(5-7-19)23(29)25-14-22(28)26-18-9-11-27(12-10-18)15-16-3-8-21(31-2)20(24)13-16/h3-8,13,18H,9-12,14-15H2,1-2H3,(H,25,29)(H,26,28). The smallest absolute Gasteiger partial charge is 0.251 e. The van der Waals surface area contributed by atoms with E-state index in [1.807, 2.05) is 6.07 Å². The molecule has 2 amide bonds. The highest BCUT2D eigenvalue weighted by Crippen LogP contribution is 2.20. The number of carbonyl (C=O) groups is 2. The summed E-state index contributed by atoms with van der Waals surface area (Å²) in [5, 5.41) is 5.61. The summed E-state index contributed by atoms with van der Waals surface area (Å²) in [6.07, 6.45) is 1.60. The molecule has 7 nitrogen and oxygen atoms in total. The predicted octanol–water partition coefficient (Wildman–Crippen LogP) is 2.35. The van der Waals surface area contributed by atoms with E-state index in [1.165, 1.54) is 13.2 Å². The molecular weight excluding hydrogens is 401 g/mol. The van der Waals surface area contributed by atoms with Crippen molar-refractivity contribution in [1.29, 1.82) is 0 Å². The van der Waals surface area contributed by atoms with Gasteiger partial charge in [0, 0.05) is 31.2 Å². The lowest BCUT2D eigenvalue weighted by atomic mass is 10.0. The minimum absolute atomic E-state index is 0.0641. The number of amides is 2. The van der Waals surface area contributed by atoms with Gasteiger partial charge >= 0.3 is 0 Å². The number of hydrogen-bond acceptors (Lipinski definition) is 5. The molecular formula is C23H28FN3O4. The van der Waals surface area contributed by atoms with Crippen molar-refractivity contribution in [2.24, 2.45) is 0 Å². The van der Waals surface area contributed by atoms with Crippen LogP contribution >= 0.6 is 0 Å². The van der Waals surface area contributed by atoms with Crippen LogP contribution in [0, 0.1) is 5.82 Å². The fourth-order valence-electron chi connectivity index (χ4n) is 3.59. The number of likely N-dealkylation sites (tertiary alicyclic amines) is 1. The minimum Gasteiger partial charge on any atom is -0.497 e. The molecule has 2 aromatic rings. The molecule has 0 saturated carbocycles. The van der Waals surface area contributed by atoms with E-state index in [4.69, 9.17) is 9.47 Å². The summed E-state index contributed by atoms with van der Waals surface area (Å²) >= 11 is 0. The quantitative estimate of drug-likeness (QED) is 0.674. The van der Waals surface area contributed by atoms with Gasteiger partial charge in [-0.05, 0) is 54.8 Å². The average molecular weight is 429 g/mol. The van der Waals surface area contributed by atoms with Crippen LogP contribution < -0.4 is 20.1 Å². The number of benzene rings is 2. The molecule has 0 aliphatic carbocycles. The lowest BCUT2D eigenvalue weighted by Crippen LogP contribution is -2.47. The second-order valence-corrected chi connectivity index (χ2v) is 7.50. The van der Waals surface area contributed by atoms with Crippen molar-refractivity contribution in [1.82, 2.24) is 15.5 Å². The molecule has 0 atom stereocenters. The van der Waals surface area contributed by atoms with Crippen LogP contribution in [0.2, 0.25) is 0 Å². The van der Waals surface area contributed by atoms with Gasteiger partial charge in [0.1, 0.15) is 5.75 Å². The Morgan fingerprint density at radius 2 is 1.77 bits per heavy atom. The molecule has 1 aliphatic heterocycles. The molecule has 1 aliphatic rings. The summed E-state index contributed by atoms with van der Waals surface area (Å²) in [6.45, 7) is 2.18. The van der Waals surface area contributed by atoms with Gasteiger partial charge in [-0.15, -0.1) is 0 Å². The zero-order chi connectivity index (χ0) is 22.2. The van der Waals surface area contributed by atoms with Crippen molar-refractivity contribution >= 4 is 11.8 Å². The Hall–Kier alpha value is -3.13. The highest BCUT2D eigenvalue weighted by atomic mass is 19.1. The second-order valence-electron chi connectivity index (χ2n) is 7.50. The van der Waals surface area contributed by atoms with E-state index in [2.05, 4.69) is 15.5 Å². The molecule has 0 bridgehead atoms. The fraction of sp³-hybridized carbons (Fsp3) is 0.391. The lowest BCUT2D eigenvalue weighted by molar-refractivity contribution is -0.121. The van der Waals surface area contributed by atoms with Crippen LogP contribution in [0.1, 0.15) is 28.8 Å². The molecule has 0 radical (unpaired) electrons. The Morgan fingerprint density at radius 1 is 1.06 bits per heavy atom. The Balaban J connectivity index is 1.38. The Morgan fingerprint density at radius 3 is 2.39 bits per heavy atom. The first-order valence-electron chi connectivity index (χ1n) is 10.2. The number of carbonyl (C=O) groups excluding carboxylic acids is 2. The van der Waals surface area contributed by atoms with E-state index < -0.39 is 0 Å². The van der Waals surface area contributed by atoms with Crippen molar-refractivity contribution in [3.8, 4) is 11.5 Å². The van der Waals surface area contributed by atoms with Crippen molar-refractivity contribution in [2.75, 3.05) is 33.9 Å². The third-order valence-electron chi connectivity index (χ3n) is 5.34. The van der Waals surface area contributed by atoms with Crippen LogP contribution in [-0.2, 0) is 11.3 Å². The highest BCUT2D eigenvalue weighted by molar-refractivity contribution is 5.96. The van der Waals surface area contributed by atoms with E-state index in [1.54, 1.807) is 37.4 Å². The van der Waals surface area contributed by atoms with Crippen molar-refractivity contribution < 1.29 is 23.5 Å². The van der Waals surface area contributed by atoms with Crippen LogP contribution in [0.4, 0.5) is 4.39 Å². The molecule has 0 aromatic heterocycles. The van der Waals surface area contributed by atoms with Gasteiger partial charge in [0.05, 0.1) is 20.8 Å². The summed E-state index contributed by atoms with van der Waals surface area (Å²) in [4.78, 5) is 26.6. The van der Waals surface area contributed by atoms with E-state index in [0.717, 1.165) is 31.5 Å². The van der Waals surface area contributed by atoms with E-state index >= 15 is 0 Å². The first-order chi connectivity index (χ1) is 15.0. The largest absolute Gasteiger partial charge is 0.497 e. The van der Waals surface area contributed by atoms with Gasteiger partial charge in [-0.1, -0.05) is 6.07 Å². The summed E-state index contributed by atoms with van der Waals surface area (Å²) < 4.78 is 23.9. The summed E-state index contributed by atoms with van der Waals surface area (Å²) in [5.74, 6) is 0.0257. The third kappa shape index (κ3) is 6.42. The number of nitrogens with zero attached hydrogens (tertiary/aromatic N) is 1. The molecule has 8 heteroatoms. The molecule has 1 heterocycles. The van der Waals surface area contributed by atoms with E-state index in [0.29, 0.717) is 17.9 Å². The van der Waals surface area contributed by atoms with Crippen LogP contribution in [0.25, 0.3) is 0 Å². The zero-order valence-corrected chi connectivity index (χ0v) is 17.8. The fourth-order valence-corrected chi connectivity index (χ4v) is 3.59.